The third-order valence-electron chi connectivity index (χ3n) is 4.04. The van der Waals surface area contributed by atoms with Crippen molar-refractivity contribution in [3.8, 4) is 0 Å². The van der Waals surface area contributed by atoms with Gasteiger partial charge in [-0.25, -0.2) is 4.98 Å². The molecular weight excluding hydrogens is 290 g/mol. The van der Waals surface area contributed by atoms with E-state index in [-0.39, 0.29) is 6.04 Å². The molecule has 0 unspecified atom stereocenters. The van der Waals surface area contributed by atoms with Crippen molar-refractivity contribution in [2.24, 2.45) is 0 Å². The maximum atomic E-state index is 12.4. The summed E-state index contributed by atoms with van der Waals surface area (Å²) >= 11 is 0. The summed E-state index contributed by atoms with van der Waals surface area (Å²) in [5, 5.41) is 0. The highest BCUT2D eigenvalue weighted by molar-refractivity contribution is 7.86. The molecule has 0 spiro atoms. The van der Waals surface area contributed by atoms with Gasteiger partial charge in [0.15, 0.2) is 0 Å². The first kappa shape index (κ1) is 16.4. The molecule has 21 heavy (non-hydrogen) atoms. The molecule has 0 aliphatic carbocycles. The van der Waals surface area contributed by atoms with Crippen molar-refractivity contribution in [2.45, 2.75) is 26.4 Å². The van der Waals surface area contributed by atoms with Crippen LogP contribution in [0.5, 0.6) is 0 Å². The van der Waals surface area contributed by atoms with Gasteiger partial charge in [0, 0.05) is 33.4 Å². The summed E-state index contributed by atoms with van der Waals surface area (Å²) < 4.78 is 29.7. The molecule has 7 nitrogen and oxygen atoms in total. The van der Waals surface area contributed by atoms with E-state index in [1.54, 1.807) is 20.3 Å². The standard InChI is InChI=1S/C13H25N5O2S/c1-5-16(6-2)8-13-10-17(21(19,20)15(3)4)9-12-7-14-11-18(12)13/h7,11,13H,5-6,8-10H2,1-4H3/t13-/m0/s1. The zero-order chi connectivity index (χ0) is 15.6. The topological polar surface area (TPSA) is 61.7 Å². The van der Waals surface area contributed by atoms with Gasteiger partial charge in [0.25, 0.3) is 10.2 Å². The summed E-state index contributed by atoms with van der Waals surface area (Å²) in [6.45, 7) is 7.85. The van der Waals surface area contributed by atoms with Crippen LogP contribution in [0.1, 0.15) is 25.6 Å². The second-order valence-corrected chi connectivity index (χ2v) is 7.66. The lowest BCUT2D eigenvalue weighted by Crippen LogP contribution is -2.48. The van der Waals surface area contributed by atoms with Gasteiger partial charge >= 0.3 is 0 Å². The molecule has 0 saturated heterocycles. The maximum absolute atomic E-state index is 12.4. The molecule has 2 heterocycles. The summed E-state index contributed by atoms with van der Waals surface area (Å²) in [5.41, 5.74) is 0.948. The van der Waals surface area contributed by atoms with Crippen LogP contribution in [0.2, 0.25) is 0 Å². The van der Waals surface area contributed by atoms with E-state index in [2.05, 4.69) is 28.3 Å². The van der Waals surface area contributed by atoms with Gasteiger partial charge in [-0.15, -0.1) is 0 Å². The molecular formula is C13H25N5O2S. The average Bonchev–Trinajstić information content (AvgIpc) is 2.92. The fraction of sp³-hybridized carbons (Fsp3) is 0.769. The number of aromatic nitrogens is 2. The molecule has 0 radical (unpaired) electrons. The van der Waals surface area contributed by atoms with Gasteiger partial charge < -0.3 is 9.47 Å². The van der Waals surface area contributed by atoms with Crippen LogP contribution in [0.3, 0.4) is 0 Å². The quantitative estimate of drug-likeness (QED) is 0.762. The van der Waals surface area contributed by atoms with Gasteiger partial charge in [-0.3, -0.25) is 0 Å². The summed E-state index contributed by atoms with van der Waals surface area (Å²) in [4.78, 5) is 6.49. The molecule has 1 aliphatic rings. The number of nitrogens with zero attached hydrogens (tertiary/aromatic N) is 5. The first-order valence-corrected chi connectivity index (χ1v) is 8.70. The molecule has 0 bridgehead atoms. The van der Waals surface area contributed by atoms with Gasteiger partial charge in [0.05, 0.1) is 24.6 Å². The van der Waals surface area contributed by atoms with Crippen LogP contribution in [-0.4, -0.2) is 71.8 Å². The van der Waals surface area contributed by atoms with Crippen LogP contribution < -0.4 is 0 Å². The highest BCUT2D eigenvalue weighted by atomic mass is 32.2. The van der Waals surface area contributed by atoms with E-state index in [0.29, 0.717) is 13.1 Å². The van der Waals surface area contributed by atoms with E-state index < -0.39 is 10.2 Å². The predicted octanol–water partition coefficient (Wildman–Crippen LogP) is 0.388. The Bertz CT molecular complexity index is 565. The summed E-state index contributed by atoms with van der Waals surface area (Å²) in [7, 11) is -0.256. The Hall–Kier alpha value is -0.960. The highest BCUT2D eigenvalue weighted by Gasteiger charge is 2.33. The van der Waals surface area contributed by atoms with Crippen molar-refractivity contribution in [2.75, 3.05) is 40.3 Å². The smallest absolute Gasteiger partial charge is 0.281 e. The van der Waals surface area contributed by atoms with Crippen molar-refractivity contribution in [3.63, 3.8) is 0 Å². The fourth-order valence-electron chi connectivity index (χ4n) is 2.68. The van der Waals surface area contributed by atoms with Gasteiger partial charge in [-0.05, 0) is 13.1 Å². The zero-order valence-corrected chi connectivity index (χ0v) is 14.0. The predicted molar refractivity (Wildman–Crippen MR) is 82.1 cm³/mol. The Labute approximate surface area is 127 Å². The molecule has 120 valence electrons. The summed E-state index contributed by atoms with van der Waals surface area (Å²) in [6.07, 6.45) is 3.57. The fourth-order valence-corrected chi connectivity index (χ4v) is 3.80. The molecule has 1 aromatic rings. The second kappa shape index (κ2) is 6.43. The van der Waals surface area contributed by atoms with Gasteiger partial charge in [-0.1, -0.05) is 13.8 Å². The Morgan fingerprint density at radius 3 is 2.57 bits per heavy atom. The SMILES string of the molecule is CCN(CC)C[C@H]1CN(S(=O)(=O)N(C)C)Cc2cncn21. The molecule has 0 saturated carbocycles. The Balaban J connectivity index is 2.26. The molecule has 0 fully saturated rings. The molecule has 0 amide bonds. The van der Waals surface area contributed by atoms with Crippen LogP contribution in [0.4, 0.5) is 0 Å². The minimum Gasteiger partial charge on any atom is -0.328 e. The normalized spacial score (nSPS) is 20.2. The lowest BCUT2D eigenvalue weighted by molar-refractivity contribution is 0.198. The van der Waals surface area contributed by atoms with E-state index in [9.17, 15) is 8.42 Å². The van der Waals surface area contributed by atoms with E-state index in [1.807, 2.05) is 6.33 Å². The Kier molecular flexibility index (Phi) is 5.03. The summed E-state index contributed by atoms with van der Waals surface area (Å²) in [6, 6.07) is 0.103. The minimum atomic E-state index is -3.40. The molecule has 0 N–H and O–H groups in total. The van der Waals surface area contributed by atoms with Crippen molar-refractivity contribution in [3.05, 3.63) is 18.2 Å². The molecule has 1 atom stereocenters. The third kappa shape index (κ3) is 3.28. The molecule has 1 aliphatic heterocycles. The molecule has 2 rings (SSSR count). The van der Waals surface area contributed by atoms with Crippen LogP contribution in [0.25, 0.3) is 0 Å². The number of fused-ring (bicyclic) bond motifs is 1. The van der Waals surface area contributed by atoms with Crippen LogP contribution in [-0.2, 0) is 16.8 Å². The van der Waals surface area contributed by atoms with Crippen molar-refractivity contribution < 1.29 is 8.42 Å². The lowest BCUT2D eigenvalue weighted by atomic mass is 10.2. The van der Waals surface area contributed by atoms with Crippen LogP contribution in [0.15, 0.2) is 12.5 Å². The first-order valence-electron chi connectivity index (χ1n) is 7.30. The van der Waals surface area contributed by atoms with E-state index >= 15 is 0 Å². The lowest BCUT2D eigenvalue weighted by Gasteiger charge is -2.37. The van der Waals surface area contributed by atoms with Crippen molar-refractivity contribution >= 4 is 10.2 Å². The van der Waals surface area contributed by atoms with Crippen molar-refractivity contribution in [1.82, 2.24) is 23.1 Å². The van der Waals surface area contributed by atoms with Crippen LogP contribution >= 0.6 is 0 Å². The van der Waals surface area contributed by atoms with Gasteiger partial charge in [0.2, 0.25) is 0 Å². The highest BCUT2D eigenvalue weighted by Crippen LogP contribution is 2.24. The number of rotatable bonds is 6. The monoisotopic (exact) mass is 315 g/mol. The maximum Gasteiger partial charge on any atom is 0.281 e. The average molecular weight is 315 g/mol. The van der Waals surface area contributed by atoms with Gasteiger partial charge in [0.1, 0.15) is 0 Å². The van der Waals surface area contributed by atoms with E-state index in [4.69, 9.17) is 0 Å². The third-order valence-corrected chi connectivity index (χ3v) is 5.90. The first-order chi connectivity index (χ1) is 9.90. The van der Waals surface area contributed by atoms with E-state index in [0.717, 1.165) is 25.3 Å². The Morgan fingerprint density at radius 2 is 2.00 bits per heavy atom. The second-order valence-electron chi connectivity index (χ2n) is 5.51. The number of hydrogen-bond donors (Lipinski definition) is 0. The van der Waals surface area contributed by atoms with Crippen LogP contribution in [0, 0.1) is 0 Å². The zero-order valence-electron chi connectivity index (χ0n) is 13.2. The van der Waals surface area contributed by atoms with E-state index in [1.165, 1.54) is 8.61 Å². The molecule has 1 aromatic heterocycles. The molecule has 8 heteroatoms. The number of imidazole rings is 1. The molecule has 0 aromatic carbocycles. The van der Waals surface area contributed by atoms with Crippen molar-refractivity contribution in [1.29, 1.82) is 0 Å². The largest absolute Gasteiger partial charge is 0.328 e. The van der Waals surface area contributed by atoms with Gasteiger partial charge in [-0.2, -0.15) is 17.0 Å². The summed E-state index contributed by atoms with van der Waals surface area (Å²) in [5.74, 6) is 0. The minimum absolute atomic E-state index is 0.103. The number of likely N-dealkylation sites (N-methyl/N-ethyl adjacent to an activating group) is 1. The Morgan fingerprint density at radius 1 is 1.33 bits per heavy atom. The number of hydrogen-bond acceptors (Lipinski definition) is 4.